The fourth-order valence-electron chi connectivity index (χ4n) is 8.00. The molecule has 1 aromatic carbocycles. The van der Waals surface area contributed by atoms with Crippen LogP contribution >= 0.6 is 44.5 Å². The van der Waals surface area contributed by atoms with E-state index in [1.165, 1.54) is 7.11 Å². The summed E-state index contributed by atoms with van der Waals surface area (Å²) in [6.45, 7) is 12.0. The van der Waals surface area contributed by atoms with E-state index in [1.54, 1.807) is 12.1 Å². The maximum absolute atomic E-state index is 13.7. The summed E-state index contributed by atoms with van der Waals surface area (Å²) in [7, 11) is -2.66. The molecule has 14 heteroatoms. The number of hydrogen-bond acceptors (Lipinski definition) is 7. The number of nitrogens with one attached hydrogen (secondary N) is 1. The van der Waals surface area contributed by atoms with Crippen LogP contribution in [0, 0.1) is 0 Å². The van der Waals surface area contributed by atoms with Crippen molar-refractivity contribution in [2.75, 3.05) is 69.2 Å². The number of unbranched alkanes of at least 4 members (excludes halogenated alkanes) is 8. The molecule has 0 bridgehead atoms. The Morgan fingerprint density at radius 3 is 1.21 bits per heavy atom. The second-order valence-electron chi connectivity index (χ2n) is 16.4. The fourth-order valence-corrected chi connectivity index (χ4v) is 22.4. The molecule has 0 unspecified atom stereocenters. The van der Waals surface area contributed by atoms with Crippen molar-refractivity contribution in [3.63, 3.8) is 0 Å². The van der Waals surface area contributed by atoms with Gasteiger partial charge in [0.15, 0.2) is 0 Å². The third kappa shape index (κ3) is 19.8. The number of hydrogen-bond donors (Lipinski definition) is 3. The standard InChI is InChI=1S/C24H41Cl2O3P.C19H43NO5P2/c1-6-10-16-30(17-11-7-2,18-12-8-3,19-13-9-4)29-24(27)22-20(25)14-15-21(26)23(22)28-5;1-5-9-13-27(14-10-6-2,15-11-7-3,16-12-8-4)25-19(21)17-20-18-26(22,23)24/h14-15H,6-13,16-19H2,1-5H3;20H,5-18H2,1-4H3,(H2,22,23,24). The van der Waals surface area contributed by atoms with E-state index >= 15 is 0 Å². The van der Waals surface area contributed by atoms with Gasteiger partial charge < -0.3 is 0 Å². The molecule has 0 aliphatic heterocycles. The fraction of sp³-hybridized carbons (Fsp3) is 0.814. The first-order valence-electron chi connectivity index (χ1n) is 22.2. The number of carbonyl (C=O) groups is 2. The van der Waals surface area contributed by atoms with Gasteiger partial charge in [0.05, 0.1) is 0 Å². The quantitative estimate of drug-likeness (QED) is 0.0605. The Kier molecular flexibility index (Phi) is 28.7. The minimum atomic E-state index is -4.17. The maximum atomic E-state index is 13.7. The number of carbonyl (C=O) groups excluding carboxylic acids is 2. The second-order valence-corrected chi connectivity index (χ2v) is 30.2. The monoisotopic (exact) mass is 905 g/mol. The summed E-state index contributed by atoms with van der Waals surface area (Å²) in [5, 5.41) is 3.27. The zero-order valence-electron chi connectivity index (χ0n) is 37.5. The van der Waals surface area contributed by atoms with Gasteiger partial charge >= 0.3 is 360 Å². The molecule has 57 heavy (non-hydrogen) atoms. The van der Waals surface area contributed by atoms with Crippen LogP contribution in [-0.4, -0.2) is 91.0 Å². The van der Waals surface area contributed by atoms with E-state index < -0.39 is 27.5 Å². The summed E-state index contributed by atoms with van der Waals surface area (Å²) in [6.07, 6.45) is 24.8. The molecule has 0 aromatic heterocycles. The van der Waals surface area contributed by atoms with Crippen molar-refractivity contribution in [2.24, 2.45) is 0 Å². The predicted molar refractivity (Wildman–Crippen MR) is 251 cm³/mol. The SMILES string of the molecule is CCCCP(CCCC)(CCCC)(CCCC)OC(=O)CNCP(=O)(O)O.CCCCP(CCCC)(CCCC)(CCCC)OC(=O)c1c(Cl)ccc(Cl)c1OC. The minimum absolute atomic E-state index is 0.139. The van der Waals surface area contributed by atoms with Crippen molar-refractivity contribution in [2.45, 2.75) is 158 Å². The van der Waals surface area contributed by atoms with Crippen LogP contribution in [0.2, 0.25) is 10.0 Å². The van der Waals surface area contributed by atoms with E-state index in [-0.39, 0.29) is 24.0 Å². The third-order valence-corrected chi connectivity index (χ3v) is 25.6. The molecule has 0 aliphatic rings. The van der Waals surface area contributed by atoms with E-state index in [1.807, 2.05) is 0 Å². The normalized spacial score (nSPS) is 13.4. The van der Waals surface area contributed by atoms with Gasteiger partial charge in [0, 0.05) is 0 Å². The molecule has 0 atom stereocenters. The van der Waals surface area contributed by atoms with Crippen LogP contribution in [0.4, 0.5) is 0 Å². The first kappa shape index (κ1) is 56.5. The van der Waals surface area contributed by atoms with Gasteiger partial charge in [0.2, 0.25) is 0 Å². The Labute approximate surface area is 358 Å². The van der Waals surface area contributed by atoms with Crippen molar-refractivity contribution in [3.8, 4) is 5.75 Å². The van der Waals surface area contributed by atoms with Gasteiger partial charge in [0.25, 0.3) is 0 Å². The predicted octanol–water partition coefficient (Wildman–Crippen LogP) is 13.8. The summed E-state index contributed by atoms with van der Waals surface area (Å²) in [5.41, 5.74) is 0.265. The molecule has 1 aromatic rings. The Balaban J connectivity index is 0.00000111. The molecule has 3 N–H and O–H groups in total. The van der Waals surface area contributed by atoms with Crippen LogP contribution in [0.5, 0.6) is 5.75 Å². The topological polar surface area (TPSA) is 131 Å². The summed E-state index contributed by atoms with van der Waals surface area (Å²) < 4.78 is 29.7. The van der Waals surface area contributed by atoms with Crippen molar-refractivity contribution in [3.05, 3.63) is 27.7 Å². The van der Waals surface area contributed by atoms with Crippen LogP contribution in [-0.2, 0) is 18.4 Å². The Hall–Kier alpha value is -0.490. The summed E-state index contributed by atoms with van der Waals surface area (Å²) in [6, 6.07) is 3.30. The molecule has 0 amide bonds. The summed E-state index contributed by atoms with van der Waals surface area (Å²) >= 11 is 12.7. The first-order chi connectivity index (χ1) is 27.0. The van der Waals surface area contributed by atoms with E-state index in [4.69, 9.17) is 46.8 Å². The molecule has 338 valence electrons. The molecule has 0 radical (unpaired) electrons. The van der Waals surface area contributed by atoms with Gasteiger partial charge in [0.1, 0.15) is 0 Å². The molecule has 0 aliphatic carbocycles. The van der Waals surface area contributed by atoms with Gasteiger partial charge in [-0.3, -0.25) is 0 Å². The Morgan fingerprint density at radius 2 is 0.912 bits per heavy atom. The van der Waals surface area contributed by atoms with Crippen molar-refractivity contribution >= 4 is 56.4 Å². The van der Waals surface area contributed by atoms with Crippen LogP contribution in [0.25, 0.3) is 0 Å². The molecular weight excluding hydrogens is 822 g/mol. The van der Waals surface area contributed by atoms with Gasteiger partial charge in [-0.2, -0.15) is 0 Å². The van der Waals surface area contributed by atoms with E-state index in [0.29, 0.717) is 15.8 Å². The Morgan fingerprint density at radius 1 is 0.596 bits per heavy atom. The third-order valence-electron chi connectivity index (χ3n) is 11.4. The molecular formula is C43H84Cl2NO8P3. The van der Waals surface area contributed by atoms with Crippen LogP contribution in [0.3, 0.4) is 0 Å². The molecule has 0 fully saturated rings. The second kappa shape index (κ2) is 28.9. The summed E-state index contributed by atoms with van der Waals surface area (Å²) in [5.74, 6) is -0.403. The first-order valence-corrected chi connectivity index (χ1v) is 30.6. The molecule has 0 saturated carbocycles. The van der Waals surface area contributed by atoms with Gasteiger partial charge in [-0.05, 0) is 0 Å². The van der Waals surface area contributed by atoms with Crippen molar-refractivity contribution < 1.29 is 37.7 Å². The van der Waals surface area contributed by atoms with Crippen LogP contribution in [0.15, 0.2) is 12.1 Å². The molecule has 0 heterocycles. The average molecular weight is 907 g/mol. The van der Waals surface area contributed by atoms with E-state index in [0.717, 1.165) is 152 Å². The molecule has 1 rings (SSSR count). The molecule has 0 spiro atoms. The van der Waals surface area contributed by atoms with E-state index in [2.05, 4.69) is 60.7 Å². The number of methoxy groups -OCH3 is 1. The van der Waals surface area contributed by atoms with Crippen LogP contribution in [0.1, 0.15) is 168 Å². The van der Waals surface area contributed by atoms with E-state index in [9.17, 15) is 14.2 Å². The zero-order valence-corrected chi connectivity index (χ0v) is 41.7. The van der Waals surface area contributed by atoms with Crippen LogP contribution < -0.4 is 10.1 Å². The zero-order chi connectivity index (χ0) is 43.5. The number of rotatable bonds is 32. The number of halogens is 2. The van der Waals surface area contributed by atoms with Crippen molar-refractivity contribution in [1.29, 1.82) is 0 Å². The van der Waals surface area contributed by atoms with Gasteiger partial charge in [-0.1, -0.05) is 0 Å². The molecule has 9 nitrogen and oxygen atoms in total. The Bertz CT molecular complexity index is 1260. The van der Waals surface area contributed by atoms with Gasteiger partial charge in [-0.25, -0.2) is 0 Å². The summed E-state index contributed by atoms with van der Waals surface area (Å²) in [4.78, 5) is 44.3. The average Bonchev–Trinajstić information content (AvgIpc) is 3.18. The number of benzene rings is 1. The van der Waals surface area contributed by atoms with Crippen molar-refractivity contribution in [1.82, 2.24) is 5.32 Å². The van der Waals surface area contributed by atoms with Gasteiger partial charge in [-0.15, -0.1) is 0 Å². The molecule has 0 saturated heterocycles. The number of ether oxygens (including phenoxy) is 1.